The van der Waals surface area contributed by atoms with Crippen LogP contribution in [-0.2, 0) is 13.6 Å². The van der Waals surface area contributed by atoms with Crippen molar-refractivity contribution in [2.45, 2.75) is 26.5 Å². The lowest BCUT2D eigenvalue weighted by Gasteiger charge is -2.13. The number of hydrogen-bond acceptors (Lipinski definition) is 5. The standard InChI is InChI=1S/C13H19N5O/c1-9(2)19-13-10(5-4-6-15-13)7-16-12-11(14)8-18(3)17-12/h4-6,8-9H,7,14H2,1-3H3,(H,16,17). The number of ether oxygens (including phenoxy) is 1. The largest absolute Gasteiger partial charge is 0.475 e. The summed E-state index contributed by atoms with van der Waals surface area (Å²) in [7, 11) is 1.83. The second kappa shape index (κ2) is 5.60. The van der Waals surface area contributed by atoms with E-state index < -0.39 is 0 Å². The second-order valence-electron chi connectivity index (χ2n) is 4.59. The minimum Gasteiger partial charge on any atom is -0.475 e. The van der Waals surface area contributed by atoms with Crippen LogP contribution in [0.3, 0.4) is 0 Å². The fraction of sp³-hybridized carbons (Fsp3) is 0.385. The summed E-state index contributed by atoms with van der Waals surface area (Å²) in [6.45, 7) is 4.52. The van der Waals surface area contributed by atoms with Crippen molar-refractivity contribution in [1.82, 2.24) is 14.8 Å². The van der Waals surface area contributed by atoms with Gasteiger partial charge in [0.25, 0.3) is 0 Å². The quantitative estimate of drug-likeness (QED) is 0.858. The molecule has 2 rings (SSSR count). The van der Waals surface area contributed by atoms with Crippen molar-refractivity contribution < 1.29 is 4.74 Å². The van der Waals surface area contributed by atoms with Crippen molar-refractivity contribution in [2.75, 3.05) is 11.1 Å². The number of nitrogens with two attached hydrogens (primary N) is 1. The Hall–Kier alpha value is -2.24. The summed E-state index contributed by atoms with van der Waals surface area (Å²) in [6, 6.07) is 3.85. The zero-order valence-electron chi connectivity index (χ0n) is 11.4. The number of anilines is 2. The van der Waals surface area contributed by atoms with Gasteiger partial charge in [0.2, 0.25) is 5.88 Å². The predicted molar refractivity (Wildman–Crippen MR) is 74.9 cm³/mol. The minimum atomic E-state index is 0.0913. The van der Waals surface area contributed by atoms with Crippen LogP contribution in [-0.4, -0.2) is 20.9 Å². The van der Waals surface area contributed by atoms with Gasteiger partial charge in [-0.1, -0.05) is 6.07 Å². The molecule has 19 heavy (non-hydrogen) atoms. The number of aromatic nitrogens is 3. The van der Waals surface area contributed by atoms with E-state index in [1.54, 1.807) is 17.1 Å². The predicted octanol–water partition coefficient (Wildman–Crippen LogP) is 1.80. The Morgan fingerprint density at radius 1 is 1.47 bits per heavy atom. The Balaban J connectivity index is 2.09. The van der Waals surface area contributed by atoms with Gasteiger partial charge in [-0.3, -0.25) is 4.68 Å². The first-order chi connectivity index (χ1) is 9.06. The van der Waals surface area contributed by atoms with Gasteiger partial charge in [0.15, 0.2) is 5.82 Å². The lowest BCUT2D eigenvalue weighted by atomic mass is 10.2. The van der Waals surface area contributed by atoms with Crippen LogP contribution in [0.1, 0.15) is 19.4 Å². The topological polar surface area (TPSA) is 78.0 Å². The van der Waals surface area contributed by atoms with Crippen LogP contribution >= 0.6 is 0 Å². The van der Waals surface area contributed by atoms with Gasteiger partial charge in [-0.25, -0.2) is 4.98 Å². The summed E-state index contributed by atoms with van der Waals surface area (Å²) in [5, 5.41) is 7.42. The van der Waals surface area contributed by atoms with Crippen LogP contribution in [0.2, 0.25) is 0 Å². The van der Waals surface area contributed by atoms with E-state index in [-0.39, 0.29) is 6.10 Å². The van der Waals surface area contributed by atoms with E-state index in [1.165, 1.54) is 0 Å². The molecule has 0 amide bonds. The molecule has 0 atom stereocenters. The van der Waals surface area contributed by atoms with Gasteiger partial charge in [-0.05, 0) is 19.9 Å². The van der Waals surface area contributed by atoms with E-state index in [1.807, 2.05) is 33.0 Å². The van der Waals surface area contributed by atoms with Gasteiger partial charge < -0.3 is 15.8 Å². The van der Waals surface area contributed by atoms with Gasteiger partial charge in [0, 0.05) is 31.5 Å². The average Bonchev–Trinajstić information content (AvgIpc) is 2.66. The molecule has 0 aliphatic rings. The zero-order valence-corrected chi connectivity index (χ0v) is 11.4. The monoisotopic (exact) mass is 261 g/mol. The summed E-state index contributed by atoms with van der Waals surface area (Å²) >= 11 is 0. The van der Waals surface area contributed by atoms with Crippen LogP contribution in [0.25, 0.3) is 0 Å². The molecule has 0 fully saturated rings. The molecular formula is C13H19N5O. The molecule has 0 saturated heterocycles. The van der Waals surface area contributed by atoms with E-state index in [0.717, 1.165) is 5.56 Å². The Morgan fingerprint density at radius 3 is 2.89 bits per heavy atom. The van der Waals surface area contributed by atoms with Crippen molar-refractivity contribution in [3.05, 3.63) is 30.1 Å². The van der Waals surface area contributed by atoms with Gasteiger partial charge in [-0.2, -0.15) is 5.10 Å². The highest BCUT2D eigenvalue weighted by atomic mass is 16.5. The normalized spacial score (nSPS) is 10.7. The van der Waals surface area contributed by atoms with Crippen LogP contribution in [0.15, 0.2) is 24.5 Å². The zero-order chi connectivity index (χ0) is 13.8. The Kier molecular flexibility index (Phi) is 3.89. The minimum absolute atomic E-state index is 0.0913. The third-order valence-corrected chi connectivity index (χ3v) is 2.50. The van der Waals surface area contributed by atoms with E-state index in [2.05, 4.69) is 15.4 Å². The Morgan fingerprint density at radius 2 is 2.26 bits per heavy atom. The van der Waals surface area contributed by atoms with Crippen LogP contribution < -0.4 is 15.8 Å². The summed E-state index contributed by atoms with van der Waals surface area (Å²) in [4.78, 5) is 4.24. The molecule has 0 bridgehead atoms. The molecule has 102 valence electrons. The highest BCUT2D eigenvalue weighted by molar-refractivity contribution is 5.60. The number of rotatable bonds is 5. The van der Waals surface area contributed by atoms with Crippen LogP contribution in [0, 0.1) is 0 Å². The lowest BCUT2D eigenvalue weighted by molar-refractivity contribution is 0.230. The van der Waals surface area contributed by atoms with Crippen molar-refractivity contribution in [1.29, 1.82) is 0 Å². The first-order valence-electron chi connectivity index (χ1n) is 6.20. The number of aryl methyl sites for hydroxylation is 1. The SMILES string of the molecule is CC(C)Oc1ncccc1CNc1nn(C)cc1N. The van der Waals surface area contributed by atoms with Crippen molar-refractivity contribution in [2.24, 2.45) is 7.05 Å². The van der Waals surface area contributed by atoms with Crippen molar-refractivity contribution in [3.63, 3.8) is 0 Å². The first kappa shape index (κ1) is 13.2. The maximum atomic E-state index is 5.83. The Labute approximate surface area is 112 Å². The molecule has 0 radical (unpaired) electrons. The smallest absolute Gasteiger partial charge is 0.218 e. The maximum Gasteiger partial charge on any atom is 0.218 e. The van der Waals surface area contributed by atoms with Crippen molar-refractivity contribution in [3.8, 4) is 5.88 Å². The van der Waals surface area contributed by atoms with Gasteiger partial charge in [0.05, 0.1) is 11.8 Å². The molecule has 6 heteroatoms. The number of nitrogens with one attached hydrogen (secondary N) is 1. The highest BCUT2D eigenvalue weighted by Crippen LogP contribution is 2.19. The first-order valence-corrected chi connectivity index (χ1v) is 6.20. The molecule has 2 heterocycles. The van der Waals surface area contributed by atoms with Gasteiger partial charge in [0.1, 0.15) is 0 Å². The number of pyridine rings is 1. The molecule has 2 aromatic rings. The second-order valence-corrected chi connectivity index (χ2v) is 4.59. The number of nitrogen functional groups attached to an aromatic ring is 1. The maximum absolute atomic E-state index is 5.83. The molecular weight excluding hydrogens is 242 g/mol. The summed E-state index contributed by atoms with van der Waals surface area (Å²) in [6.07, 6.45) is 3.57. The van der Waals surface area contributed by atoms with E-state index in [0.29, 0.717) is 23.9 Å². The van der Waals surface area contributed by atoms with Crippen molar-refractivity contribution >= 4 is 11.5 Å². The van der Waals surface area contributed by atoms with E-state index in [9.17, 15) is 0 Å². The molecule has 3 N–H and O–H groups in total. The molecule has 0 unspecified atom stereocenters. The van der Waals surface area contributed by atoms with E-state index in [4.69, 9.17) is 10.5 Å². The van der Waals surface area contributed by atoms with Crippen LogP contribution in [0.4, 0.5) is 11.5 Å². The molecule has 0 spiro atoms. The average molecular weight is 261 g/mol. The van der Waals surface area contributed by atoms with Gasteiger partial charge in [-0.15, -0.1) is 0 Å². The fourth-order valence-electron chi connectivity index (χ4n) is 1.71. The molecule has 0 aromatic carbocycles. The van der Waals surface area contributed by atoms with E-state index >= 15 is 0 Å². The molecule has 0 aliphatic carbocycles. The fourth-order valence-corrected chi connectivity index (χ4v) is 1.71. The highest BCUT2D eigenvalue weighted by Gasteiger charge is 2.08. The summed E-state index contributed by atoms with van der Waals surface area (Å²) < 4.78 is 7.33. The lowest BCUT2D eigenvalue weighted by Crippen LogP contribution is -2.11. The number of hydrogen-bond donors (Lipinski definition) is 2. The molecule has 0 aliphatic heterocycles. The number of nitrogens with zero attached hydrogens (tertiary/aromatic N) is 3. The van der Waals surface area contributed by atoms with Crippen LogP contribution in [0.5, 0.6) is 5.88 Å². The van der Waals surface area contributed by atoms with Gasteiger partial charge >= 0.3 is 0 Å². The summed E-state index contributed by atoms with van der Waals surface area (Å²) in [5.41, 5.74) is 7.43. The molecule has 6 nitrogen and oxygen atoms in total. The molecule has 0 saturated carbocycles. The summed E-state index contributed by atoms with van der Waals surface area (Å²) in [5.74, 6) is 1.31. The third kappa shape index (κ3) is 3.37. The molecule has 2 aromatic heterocycles. The third-order valence-electron chi connectivity index (χ3n) is 2.50. The Bertz CT molecular complexity index is 550.